The average molecular weight is 563 g/mol. The molecule has 0 bridgehead atoms. The second-order valence-corrected chi connectivity index (χ2v) is 11.7. The van der Waals surface area contributed by atoms with Crippen LogP contribution in [0.4, 0.5) is 13.2 Å². The van der Waals surface area contributed by atoms with Crippen LogP contribution in [-0.2, 0) is 26.9 Å². The predicted octanol–water partition coefficient (Wildman–Crippen LogP) is 5.66. The van der Waals surface area contributed by atoms with Gasteiger partial charge < -0.3 is 19.5 Å². The SMILES string of the molecule is CCOc1cc2c(cc1C(=O)OC(=O)C(F)(F)F)CN(CC(=O)c1cc(C(C)(C)C)c(O)c(C(C)(C)C)c1)C2=N. The Morgan fingerprint density at radius 3 is 2.00 bits per heavy atom. The maximum absolute atomic E-state index is 13.5. The van der Waals surface area contributed by atoms with Crippen molar-refractivity contribution >= 4 is 23.6 Å². The van der Waals surface area contributed by atoms with Crippen molar-refractivity contribution in [3.05, 3.63) is 57.6 Å². The number of Topliss-reactive ketones (excluding diaryl/α,β-unsaturated/α-hetero) is 1. The van der Waals surface area contributed by atoms with E-state index in [0.717, 1.165) is 0 Å². The van der Waals surface area contributed by atoms with Crippen molar-refractivity contribution < 1.29 is 42.1 Å². The number of esters is 2. The van der Waals surface area contributed by atoms with E-state index in [1.54, 1.807) is 19.1 Å². The Labute approximate surface area is 230 Å². The van der Waals surface area contributed by atoms with Gasteiger partial charge in [0.1, 0.15) is 22.9 Å². The van der Waals surface area contributed by atoms with Crippen molar-refractivity contribution in [3.8, 4) is 11.5 Å². The maximum atomic E-state index is 13.5. The summed E-state index contributed by atoms with van der Waals surface area (Å²) in [6.45, 7) is 13.0. The minimum atomic E-state index is -5.36. The first kappa shape index (κ1) is 30.6. The number of fused-ring (bicyclic) bond motifs is 1. The number of nitrogens with zero attached hydrogens (tertiary/aromatic N) is 1. The molecule has 1 heterocycles. The molecule has 1 aliphatic heterocycles. The van der Waals surface area contributed by atoms with E-state index in [-0.39, 0.29) is 42.8 Å². The van der Waals surface area contributed by atoms with Gasteiger partial charge >= 0.3 is 18.1 Å². The number of nitrogens with one attached hydrogen (secondary N) is 1. The molecule has 11 heteroatoms. The number of amidine groups is 1. The smallest absolute Gasteiger partial charge is 0.491 e. The van der Waals surface area contributed by atoms with E-state index in [0.29, 0.717) is 27.8 Å². The highest BCUT2D eigenvalue weighted by Gasteiger charge is 2.43. The van der Waals surface area contributed by atoms with Gasteiger partial charge in [-0.2, -0.15) is 13.2 Å². The minimum Gasteiger partial charge on any atom is -0.507 e. The van der Waals surface area contributed by atoms with Crippen LogP contribution in [-0.4, -0.2) is 52.9 Å². The van der Waals surface area contributed by atoms with Gasteiger partial charge in [0, 0.05) is 28.8 Å². The van der Waals surface area contributed by atoms with Crippen molar-refractivity contribution in [3.63, 3.8) is 0 Å². The number of aromatic hydroxyl groups is 1. The van der Waals surface area contributed by atoms with Gasteiger partial charge in [-0.05, 0) is 47.6 Å². The summed E-state index contributed by atoms with van der Waals surface area (Å²) in [6.07, 6.45) is -5.36. The number of ketones is 1. The lowest BCUT2D eigenvalue weighted by Crippen LogP contribution is -2.30. The number of alkyl halides is 3. The van der Waals surface area contributed by atoms with Crippen molar-refractivity contribution in [1.29, 1.82) is 5.41 Å². The summed E-state index contributed by atoms with van der Waals surface area (Å²) in [4.78, 5) is 38.5. The van der Waals surface area contributed by atoms with Crippen LogP contribution in [0.5, 0.6) is 11.5 Å². The van der Waals surface area contributed by atoms with Gasteiger partial charge in [0.05, 0.1) is 13.2 Å². The molecular formula is C29H33F3N2O6. The molecule has 0 fully saturated rings. The van der Waals surface area contributed by atoms with Crippen LogP contribution in [0.25, 0.3) is 0 Å². The number of carbonyl (C=O) groups is 3. The van der Waals surface area contributed by atoms with Gasteiger partial charge in [-0.25, -0.2) is 9.59 Å². The Morgan fingerprint density at radius 1 is 0.975 bits per heavy atom. The van der Waals surface area contributed by atoms with E-state index in [2.05, 4.69) is 4.74 Å². The molecule has 2 aromatic rings. The number of carbonyl (C=O) groups excluding carboxylic acids is 3. The van der Waals surface area contributed by atoms with Gasteiger partial charge in [0.15, 0.2) is 5.78 Å². The monoisotopic (exact) mass is 562 g/mol. The summed E-state index contributed by atoms with van der Waals surface area (Å²) in [7, 11) is 0. The normalized spacial score (nSPS) is 13.8. The first-order valence-electron chi connectivity index (χ1n) is 12.6. The molecule has 0 aliphatic carbocycles. The Hall–Kier alpha value is -3.89. The molecule has 0 radical (unpaired) electrons. The maximum Gasteiger partial charge on any atom is 0.491 e. The number of phenols is 1. The molecule has 0 unspecified atom stereocenters. The zero-order valence-electron chi connectivity index (χ0n) is 23.5. The van der Waals surface area contributed by atoms with Gasteiger partial charge in [-0.3, -0.25) is 10.2 Å². The van der Waals surface area contributed by atoms with E-state index in [1.807, 2.05) is 41.5 Å². The molecule has 2 aromatic carbocycles. The quantitative estimate of drug-likeness (QED) is 0.265. The first-order chi connectivity index (χ1) is 18.3. The third kappa shape index (κ3) is 6.29. The van der Waals surface area contributed by atoms with E-state index in [1.165, 1.54) is 17.0 Å². The molecule has 40 heavy (non-hydrogen) atoms. The largest absolute Gasteiger partial charge is 0.507 e. The number of rotatable bonds is 6. The van der Waals surface area contributed by atoms with Crippen molar-refractivity contribution in [1.82, 2.24) is 4.90 Å². The topological polar surface area (TPSA) is 117 Å². The lowest BCUT2D eigenvalue weighted by Gasteiger charge is -2.28. The van der Waals surface area contributed by atoms with Crippen molar-refractivity contribution in [2.24, 2.45) is 0 Å². The summed E-state index contributed by atoms with van der Waals surface area (Å²) in [5.41, 5.74) is 0.984. The van der Waals surface area contributed by atoms with Gasteiger partial charge in [0.25, 0.3) is 0 Å². The van der Waals surface area contributed by atoms with Crippen molar-refractivity contribution in [2.75, 3.05) is 13.2 Å². The number of halogens is 3. The van der Waals surface area contributed by atoms with Crippen LogP contribution >= 0.6 is 0 Å². The number of benzene rings is 2. The number of hydrogen-bond donors (Lipinski definition) is 2. The molecule has 0 aromatic heterocycles. The Kier molecular flexibility index (Phi) is 8.11. The highest BCUT2D eigenvalue weighted by atomic mass is 19.4. The van der Waals surface area contributed by atoms with E-state index in [4.69, 9.17) is 10.1 Å². The third-order valence-corrected chi connectivity index (χ3v) is 6.46. The van der Waals surface area contributed by atoms with Crippen molar-refractivity contribution in [2.45, 2.75) is 72.0 Å². The third-order valence-electron chi connectivity index (χ3n) is 6.46. The summed E-state index contributed by atoms with van der Waals surface area (Å²) < 4.78 is 47.2. The molecule has 0 spiro atoms. The predicted molar refractivity (Wildman–Crippen MR) is 141 cm³/mol. The minimum absolute atomic E-state index is 0.0101. The first-order valence-corrected chi connectivity index (χ1v) is 12.6. The molecule has 3 rings (SSSR count). The van der Waals surface area contributed by atoms with Crippen LogP contribution in [0.2, 0.25) is 0 Å². The Morgan fingerprint density at radius 2 is 1.52 bits per heavy atom. The van der Waals surface area contributed by atoms with Crippen LogP contribution in [0.1, 0.15) is 91.4 Å². The lowest BCUT2D eigenvalue weighted by molar-refractivity contribution is -0.193. The number of phenolic OH excluding ortho intramolecular Hbond substituents is 1. The molecule has 2 N–H and O–H groups in total. The fourth-order valence-electron chi connectivity index (χ4n) is 4.40. The van der Waals surface area contributed by atoms with E-state index < -0.39 is 34.5 Å². The van der Waals surface area contributed by atoms with E-state index >= 15 is 0 Å². The van der Waals surface area contributed by atoms with E-state index in [9.17, 15) is 32.7 Å². The van der Waals surface area contributed by atoms with Gasteiger partial charge in [-0.15, -0.1) is 0 Å². The molecule has 0 saturated carbocycles. The van der Waals surface area contributed by atoms with Crippen LogP contribution in [0.15, 0.2) is 24.3 Å². The molecular weight excluding hydrogens is 529 g/mol. The molecule has 0 atom stereocenters. The highest BCUT2D eigenvalue weighted by Crippen LogP contribution is 2.40. The van der Waals surface area contributed by atoms with Crippen LogP contribution < -0.4 is 4.74 Å². The summed E-state index contributed by atoms with van der Waals surface area (Å²) in [6, 6.07) is 5.83. The van der Waals surface area contributed by atoms with Crippen LogP contribution in [0, 0.1) is 5.41 Å². The zero-order chi connectivity index (χ0) is 30.4. The fourth-order valence-corrected chi connectivity index (χ4v) is 4.40. The highest BCUT2D eigenvalue weighted by molar-refractivity contribution is 6.07. The zero-order valence-corrected chi connectivity index (χ0v) is 23.5. The second-order valence-electron chi connectivity index (χ2n) is 11.7. The lowest BCUT2D eigenvalue weighted by atomic mass is 9.78. The Bertz CT molecular complexity index is 1350. The van der Waals surface area contributed by atoms with Crippen LogP contribution in [0.3, 0.4) is 0 Å². The fraction of sp³-hybridized carbons (Fsp3) is 0.448. The summed E-state index contributed by atoms with van der Waals surface area (Å²) >= 11 is 0. The van der Waals surface area contributed by atoms with Gasteiger partial charge in [-0.1, -0.05) is 41.5 Å². The summed E-state index contributed by atoms with van der Waals surface area (Å²) in [5.74, 6) is -4.57. The summed E-state index contributed by atoms with van der Waals surface area (Å²) in [5, 5.41) is 19.6. The molecule has 8 nitrogen and oxygen atoms in total. The molecule has 216 valence electrons. The molecule has 0 amide bonds. The van der Waals surface area contributed by atoms with Gasteiger partial charge in [0.2, 0.25) is 0 Å². The second kappa shape index (κ2) is 10.6. The average Bonchev–Trinajstić information content (AvgIpc) is 3.10. The standard InChI is InChI=1S/C29H33F3N2O6/c1-8-39-22-12-17-16(9-18(22)25(37)40-26(38)29(30,31)32)13-34(24(17)33)14-21(35)15-10-19(27(2,3)4)23(36)20(11-15)28(5,6)7/h9-12,33,36H,8,13-14H2,1-7H3. The molecule has 1 aliphatic rings. The molecule has 0 saturated heterocycles. The Balaban J connectivity index is 1.94. The number of ether oxygens (including phenoxy) is 2. The number of hydrogen-bond acceptors (Lipinski definition) is 7.